The summed E-state index contributed by atoms with van der Waals surface area (Å²) in [4.78, 5) is 4.19. The van der Waals surface area contributed by atoms with E-state index >= 15 is 0 Å². The van der Waals surface area contributed by atoms with E-state index in [1.54, 1.807) is 7.11 Å². The fourth-order valence-electron chi connectivity index (χ4n) is 1.87. The Labute approximate surface area is 108 Å². The average Bonchev–Trinajstić information content (AvgIpc) is 2.37. The van der Waals surface area contributed by atoms with Crippen LogP contribution in [0, 0.1) is 13.8 Å². The maximum atomic E-state index is 5.33. The number of benzene rings is 1. The number of methoxy groups -OCH3 is 1. The van der Waals surface area contributed by atoms with Gasteiger partial charge in [-0.2, -0.15) is 0 Å². The topological polar surface area (TPSA) is 34.1 Å². The molecule has 0 aliphatic carbocycles. The number of pyridine rings is 1. The number of hydrogen-bond donors (Lipinski definition) is 1. The molecule has 18 heavy (non-hydrogen) atoms. The molecule has 0 aliphatic rings. The Balaban J connectivity index is 2.12. The highest BCUT2D eigenvalue weighted by molar-refractivity contribution is 5.58. The SMILES string of the molecule is COc1ccc(C)cc1NCc1cncc(C)c1. The summed E-state index contributed by atoms with van der Waals surface area (Å²) in [6.07, 6.45) is 3.74. The van der Waals surface area contributed by atoms with Crippen molar-refractivity contribution in [2.24, 2.45) is 0 Å². The lowest BCUT2D eigenvalue weighted by atomic mass is 10.2. The van der Waals surface area contributed by atoms with Crippen molar-refractivity contribution in [3.8, 4) is 5.75 Å². The monoisotopic (exact) mass is 242 g/mol. The van der Waals surface area contributed by atoms with E-state index in [4.69, 9.17) is 4.74 Å². The Morgan fingerprint density at radius 1 is 1.11 bits per heavy atom. The van der Waals surface area contributed by atoms with Crippen LogP contribution < -0.4 is 10.1 Å². The third-order valence-electron chi connectivity index (χ3n) is 2.77. The Morgan fingerprint density at radius 2 is 1.94 bits per heavy atom. The van der Waals surface area contributed by atoms with Crippen LogP contribution in [0.1, 0.15) is 16.7 Å². The molecule has 94 valence electrons. The van der Waals surface area contributed by atoms with Crippen molar-refractivity contribution in [1.29, 1.82) is 0 Å². The molecular weight excluding hydrogens is 224 g/mol. The molecule has 0 aliphatic heterocycles. The lowest BCUT2D eigenvalue weighted by Crippen LogP contribution is -2.02. The number of aromatic nitrogens is 1. The molecular formula is C15H18N2O. The van der Waals surface area contributed by atoms with E-state index in [1.165, 1.54) is 16.7 Å². The lowest BCUT2D eigenvalue weighted by Gasteiger charge is -2.12. The van der Waals surface area contributed by atoms with Gasteiger partial charge in [-0.15, -0.1) is 0 Å². The van der Waals surface area contributed by atoms with Crippen LogP contribution in [-0.2, 0) is 6.54 Å². The van der Waals surface area contributed by atoms with Crippen molar-refractivity contribution in [1.82, 2.24) is 4.98 Å². The number of anilines is 1. The van der Waals surface area contributed by atoms with Gasteiger partial charge in [-0.1, -0.05) is 12.1 Å². The molecule has 0 spiro atoms. The van der Waals surface area contributed by atoms with Crippen LogP contribution in [0.3, 0.4) is 0 Å². The molecule has 0 saturated heterocycles. The fraction of sp³-hybridized carbons (Fsp3) is 0.267. The highest BCUT2D eigenvalue weighted by atomic mass is 16.5. The van der Waals surface area contributed by atoms with Gasteiger partial charge in [0, 0.05) is 18.9 Å². The maximum Gasteiger partial charge on any atom is 0.141 e. The Hall–Kier alpha value is -2.03. The predicted molar refractivity (Wildman–Crippen MR) is 74.0 cm³/mol. The zero-order valence-corrected chi connectivity index (χ0v) is 11.0. The highest BCUT2D eigenvalue weighted by Crippen LogP contribution is 2.25. The van der Waals surface area contributed by atoms with Crippen LogP contribution in [0.25, 0.3) is 0 Å². The fourth-order valence-corrected chi connectivity index (χ4v) is 1.87. The van der Waals surface area contributed by atoms with Gasteiger partial charge in [0.25, 0.3) is 0 Å². The molecule has 1 N–H and O–H groups in total. The summed E-state index contributed by atoms with van der Waals surface area (Å²) < 4.78 is 5.33. The summed E-state index contributed by atoms with van der Waals surface area (Å²) in [5.41, 5.74) is 4.56. The van der Waals surface area contributed by atoms with Crippen LogP contribution in [0.15, 0.2) is 36.7 Å². The number of nitrogens with zero attached hydrogens (tertiary/aromatic N) is 1. The standard InChI is InChI=1S/C15H18N2O/c1-11-4-5-15(18-3)14(7-11)17-10-13-6-12(2)8-16-9-13/h4-9,17H,10H2,1-3H3. The van der Waals surface area contributed by atoms with Crippen molar-refractivity contribution in [3.63, 3.8) is 0 Å². The molecule has 0 amide bonds. The molecule has 1 aromatic heterocycles. The second-order valence-electron chi connectivity index (χ2n) is 4.43. The van der Waals surface area contributed by atoms with Gasteiger partial charge in [-0.05, 0) is 42.7 Å². The first-order chi connectivity index (χ1) is 8.69. The molecule has 1 heterocycles. The summed E-state index contributed by atoms with van der Waals surface area (Å²) in [7, 11) is 1.68. The van der Waals surface area contributed by atoms with Gasteiger partial charge in [0.15, 0.2) is 0 Å². The smallest absolute Gasteiger partial charge is 0.141 e. The molecule has 2 rings (SSSR count). The van der Waals surface area contributed by atoms with Gasteiger partial charge >= 0.3 is 0 Å². The van der Waals surface area contributed by atoms with Crippen LogP contribution in [0.4, 0.5) is 5.69 Å². The lowest BCUT2D eigenvalue weighted by molar-refractivity contribution is 0.416. The molecule has 3 nitrogen and oxygen atoms in total. The predicted octanol–water partition coefficient (Wildman–Crippen LogP) is 3.32. The largest absolute Gasteiger partial charge is 0.495 e. The number of aryl methyl sites for hydroxylation is 2. The van der Waals surface area contributed by atoms with Crippen LogP contribution in [-0.4, -0.2) is 12.1 Å². The van der Waals surface area contributed by atoms with Crippen molar-refractivity contribution < 1.29 is 4.74 Å². The Bertz CT molecular complexity index is 538. The summed E-state index contributed by atoms with van der Waals surface area (Å²) in [6.45, 7) is 4.86. The molecule has 0 unspecified atom stereocenters. The van der Waals surface area contributed by atoms with Gasteiger partial charge in [0.05, 0.1) is 12.8 Å². The van der Waals surface area contributed by atoms with E-state index in [1.807, 2.05) is 31.5 Å². The summed E-state index contributed by atoms with van der Waals surface area (Å²) in [6, 6.07) is 8.23. The maximum absolute atomic E-state index is 5.33. The zero-order chi connectivity index (χ0) is 13.0. The van der Waals surface area contributed by atoms with Gasteiger partial charge < -0.3 is 10.1 Å². The first kappa shape index (κ1) is 12.4. The van der Waals surface area contributed by atoms with E-state index in [0.29, 0.717) is 0 Å². The minimum absolute atomic E-state index is 0.745. The number of ether oxygens (including phenoxy) is 1. The van der Waals surface area contributed by atoms with Crippen molar-refractivity contribution in [2.45, 2.75) is 20.4 Å². The van der Waals surface area contributed by atoms with Crippen LogP contribution in [0.2, 0.25) is 0 Å². The van der Waals surface area contributed by atoms with E-state index in [9.17, 15) is 0 Å². The second kappa shape index (κ2) is 5.54. The van der Waals surface area contributed by atoms with Gasteiger partial charge in [-0.3, -0.25) is 4.98 Å². The van der Waals surface area contributed by atoms with Gasteiger partial charge in [-0.25, -0.2) is 0 Å². The normalized spacial score (nSPS) is 10.2. The second-order valence-corrected chi connectivity index (χ2v) is 4.43. The number of rotatable bonds is 4. The van der Waals surface area contributed by atoms with Crippen molar-refractivity contribution >= 4 is 5.69 Å². The minimum atomic E-state index is 0.745. The third kappa shape index (κ3) is 3.00. The minimum Gasteiger partial charge on any atom is -0.495 e. The number of nitrogens with one attached hydrogen (secondary N) is 1. The van der Waals surface area contributed by atoms with E-state index in [2.05, 4.69) is 29.4 Å². The molecule has 0 atom stereocenters. The highest BCUT2D eigenvalue weighted by Gasteiger charge is 2.02. The molecule has 1 aromatic carbocycles. The summed E-state index contributed by atoms with van der Waals surface area (Å²) in [5.74, 6) is 0.862. The Morgan fingerprint density at radius 3 is 2.67 bits per heavy atom. The molecule has 2 aromatic rings. The van der Waals surface area contributed by atoms with Gasteiger partial charge in [0.1, 0.15) is 5.75 Å². The number of hydrogen-bond acceptors (Lipinski definition) is 3. The first-order valence-electron chi connectivity index (χ1n) is 5.98. The Kier molecular flexibility index (Phi) is 3.82. The molecule has 3 heteroatoms. The summed E-state index contributed by atoms with van der Waals surface area (Å²) in [5, 5.41) is 3.38. The average molecular weight is 242 g/mol. The van der Waals surface area contributed by atoms with Crippen LogP contribution in [0.5, 0.6) is 5.75 Å². The first-order valence-corrected chi connectivity index (χ1v) is 5.98. The molecule has 0 bridgehead atoms. The van der Waals surface area contributed by atoms with Crippen molar-refractivity contribution in [3.05, 3.63) is 53.3 Å². The summed E-state index contributed by atoms with van der Waals surface area (Å²) >= 11 is 0. The van der Waals surface area contributed by atoms with Crippen molar-refractivity contribution in [2.75, 3.05) is 12.4 Å². The van der Waals surface area contributed by atoms with Crippen LogP contribution >= 0.6 is 0 Å². The van der Waals surface area contributed by atoms with Gasteiger partial charge in [0.2, 0.25) is 0 Å². The quantitative estimate of drug-likeness (QED) is 0.893. The van der Waals surface area contributed by atoms with E-state index < -0.39 is 0 Å². The molecule has 0 fully saturated rings. The van der Waals surface area contributed by atoms with E-state index in [-0.39, 0.29) is 0 Å². The molecule has 0 saturated carbocycles. The zero-order valence-electron chi connectivity index (χ0n) is 11.0. The third-order valence-corrected chi connectivity index (χ3v) is 2.77. The van der Waals surface area contributed by atoms with E-state index in [0.717, 1.165) is 18.0 Å². The molecule has 0 radical (unpaired) electrons.